The lowest BCUT2D eigenvalue weighted by molar-refractivity contribution is 1.50. The van der Waals surface area contributed by atoms with E-state index in [1.807, 2.05) is 19.9 Å². The average Bonchev–Trinajstić information content (AvgIpc) is 2.10. The second-order valence-electron chi connectivity index (χ2n) is 1.32. The van der Waals surface area contributed by atoms with E-state index < -0.39 is 0 Å². The molecule has 0 aliphatic carbocycles. The van der Waals surface area contributed by atoms with Crippen LogP contribution in [0.15, 0.2) is 29.4 Å². The van der Waals surface area contributed by atoms with E-state index in [1.165, 1.54) is 12.4 Å². The molecule has 0 aliphatic heterocycles. The van der Waals surface area contributed by atoms with E-state index in [1.54, 1.807) is 13.0 Å². The number of rotatable bonds is 2. The van der Waals surface area contributed by atoms with Gasteiger partial charge < -0.3 is 0 Å². The van der Waals surface area contributed by atoms with Crippen LogP contribution in [0.25, 0.3) is 0 Å². The lowest BCUT2D eigenvalue weighted by Gasteiger charge is -1.78. The van der Waals surface area contributed by atoms with Gasteiger partial charge in [0.2, 0.25) is 0 Å². The minimum absolute atomic E-state index is 0.551. The smallest absolute Gasteiger partial charge is 0.100 e. The molecular formula is C9H14N2. The molecule has 0 spiro atoms. The first-order valence-corrected chi connectivity index (χ1v) is 3.55. The summed E-state index contributed by atoms with van der Waals surface area (Å²) >= 11 is 0. The summed E-state index contributed by atoms with van der Waals surface area (Å²) in [5.41, 5.74) is 0.551. The fourth-order valence-corrected chi connectivity index (χ4v) is 0.301. The molecule has 0 amide bonds. The summed E-state index contributed by atoms with van der Waals surface area (Å²) in [6, 6.07) is 1.95. The molecule has 60 valence electrons. The highest BCUT2D eigenvalue weighted by Crippen LogP contribution is 1.85. The highest BCUT2D eigenvalue weighted by Gasteiger charge is 1.81. The van der Waals surface area contributed by atoms with Crippen LogP contribution in [0.4, 0.5) is 0 Å². The number of allylic oxidation sites excluding steroid dienone is 2. The van der Waals surface area contributed by atoms with Crippen LogP contribution < -0.4 is 0 Å². The summed E-state index contributed by atoms with van der Waals surface area (Å²) in [5, 5.41) is 8.31. The van der Waals surface area contributed by atoms with Gasteiger partial charge in [-0.05, 0) is 6.92 Å². The molecule has 0 fully saturated rings. The van der Waals surface area contributed by atoms with Gasteiger partial charge in [-0.1, -0.05) is 26.5 Å². The maximum atomic E-state index is 8.31. The van der Waals surface area contributed by atoms with Gasteiger partial charge in [0.05, 0.1) is 5.57 Å². The van der Waals surface area contributed by atoms with Gasteiger partial charge in [-0.2, -0.15) is 5.26 Å². The Morgan fingerprint density at radius 3 is 2.36 bits per heavy atom. The first kappa shape index (κ1) is 12.3. The lowest BCUT2D eigenvalue weighted by atomic mass is 10.3. The van der Waals surface area contributed by atoms with Crippen molar-refractivity contribution in [2.75, 3.05) is 0 Å². The molecule has 0 heterocycles. The number of hydrogen-bond donors (Lipinski definition) is 0. The van der Waals surface area contributed by atoms with Gasteiger partial charge in [0.15, 0.2) is 0 Å². The van der Waals surface area contributed by atoms with E-state index in [2.05, 4.69) is 11.6 Å². The van der Waals surface area contributed by atoms with E-state index >= 15 is 0 Å². The van der Waals surface area contributed by atoms with Crippen LogP contribution in [0.2, 0.25) is 0 Å². The summed E-state index contributed by atoms with van der Waals surface area (Å²) in [6.45, 7) is 9.15. The first-order chi connectivity index (χ1) is 5.35. The van der Waals surface area contributed by atoms with Crippen molar-refractivity contribution in [2.45, 2.75) is 20.8 Å². The van der Waals surface area contributed by atoms with Crippen molar-refractivity contribution in [3.63, 3.8) is 0 Å². The molecule has 0 radical (unpaired) electrons. The molecule has 0 saturated heterocycles. The standard InChI is InChI=1S/C7H8N2.C2H6/c1-3-7(5-8)6-9-4-2;1-2/h3-4,6H,2H2,1H3;1-2H3/b7-3-,9-6?;. The summed E-state index contributed by atoms with van der Waals surface area (Å²) < 4.78 is 0. The third kappa shape index (κ3) is 8.64. The Bertz CT molecular complexity index is 182. The fourth-order valence-electron chi connectivity index (χ4n) is 0.301. The maximum Gasteiger partial charge on any atom is 0.100 e. The Balaban J connectivity index is 0. The quantitative estimate of drug-likeness (QED) is 0.440. The van der Waals surface area contributed by atoms with Crippen LogP contribution in [0.5, 0.6) is 0 Å². The SMILES string of the molecule is C=CN=C/C(C#N)=C\C.CC. The van der Waals surface area contributed by atoms with Gasteiger partial charge in [-0.25, -0.2) is 0 Å². The Kier molecular flexibility index (Phi) is 12.8. The zero-order valence-electron chi connectivity index (χ0n) is 7.33. The third-order valence-corrected chi connectivity index (χ3v) is 0.759. The second-order valence-corrected chi connectivity index (χ2v) is 1.32. The number of nitriles is 1. The molecule has 0 aliphatic rings. The zero-order valence-corrected chi connectivity index (χ0v) is 7.33. The van der Waals surface area contributed by atoms with Crippen molar-refractivity contribution in [3.05, 3.63) is 24.4 Å². The van der Waals surface area contributed by atoms with Crippen molar-refractivity contribution >= 4 is 6.21 Å². The van der Waals surface area contributed by atoms with Gasteiger partial charge in [0.25, 0.3) is 0 Å². The second kappa shape index (κ2) is 11.4. The molecule has 0 N–H and O–H groups in total. The van der Waals surface area contributed by atoms with E-state index in [4.69, 9.17) is 5.26 Å². The number of hydrogen-bond acceptors (Lipinski definition) is 2. The van der Waals surface area contributed by atoms with Crippen LogP contribution in [0, 0.1) is 11.3 Å². The molecule has 0 aromatic heterocycles. The van der Waals surface area contributed by atoms with Crippen molar-refractivity contribution < 1.29 is 0 Å². The van der Waals surface area contributed by atoms with Gasteiger partial charge in [0.1, 0.15) is 6.07 Å². The van der Waals surface area contributed by atoms with Gasteiger partial charge in [-0.3, -0.25) is 4.99 Å². The zero-order chi connectivity index (χ0) is 9.11. The third-order valence-electron chi connectivity index (χ3n) is 0.759. The van der Waals surface area contributed by atoms with Crippen LogP contribution in [-0.4, -0.2) is 6.21 Å². The minimum atomic E-state index is 0.551. The molecule has 0 saturated carbocycles. The van der Waals surface area contributed by atoms with Crippen molar-refractivity contribution in [1.29, 1.82) is 5.26 Å². The Labute approximate surface area is 68.6 Å². The number of nitrogens with zero attached hydrogens (tertiary/aromatic N) is 2. The van der Waals surface area contributed by atoms with Crippen molar-refractivity contribution in [3.8, 4) is 6.07 Å². The molecule has 0 atom stereocenters. The molecule has 0 bridgehead atoms. The Morgan fingerprint density at radius 1 is 1.55 bits per heavy atom. The monoisotopic (exact) mass is 150 g/mol. The van der Waals surface area contributed by atoms with Gasteiger partial charge >= 0.3 is 0 Å². The van der Waals surface area contributed by atoms with Crippen molar-refractivity contribution in [1.82, 2.24) is 0 Å². The predicted molar refractivity (Wildman–Crippen MR) is 49.4 cm³/mol. The summed E-state index contributed by atoms with van der Waals surface area (Å²) in [5.74, 6) is 0. The van der Waals surface area contributed by atoms with Crippen LogP contribution in [0.3, 0.4) is 0 Å². The molecule has 11 heavy (non-hydrogen) atoms. The normalized spacial score (nSPS) is 9.82. The van der Waals surface area contributed by atoms with E-state index in [9.17, 15) is 0 Å². The predicted octanol–water partition coefficient (Wildman–Crippen LogP) is 2.70. The largest absolute Gasteiger partial charge is 0.264 e. The average molecular weight is 150 g/mol. The van der Waals surface area contributed by atoms with Crippen molar-refractivity contribution in [2.24, 2.45) is 4.99 Å². The molecule has 0 aromatic carbocycles. The molecular weight excluding hydrogens is 136 g/mol. The summed E-state index contributed by atoms with van der Waals surface area (Å²) in [7, 11) is 0. The van der Waals surface area contributed by atoms with Crippen LogP contribution in [0.1, 0.15) is 20.8 Å². The number of aliphatic imine (C=N–C) groups is 1. The van der Waals surface area contributed by atoms with Crippen LogP contribution >= 0.6 is 0 Å². The minimum Gasteiger partial charge on any atom is -0.264 e. The maximum absolute atomic E-state index is 8.31. The van der Waals surface area contributed by atoms with Gasteiger partial charge in [0, 0.05) is 12.4 Å². The Morgan fingerprint density at radius 2 is 2.09 bits per heavy atom. The summed E-state index contributed by atoms with van der Waals surface area (Å²) in [4.78, 5) is 3.66. The van der Waals surface area contributed by atoms with Crippen LogP contribution in [-0.2, 0) is 0 Å². The molecule has 0 unspecified atom stereocenters. The molecule has 2 heteroatoms. The van der Waals surface area contributed by atoms with E-state index in [0.717, 1.165) is 0 Å². The lowest BCUT2D eigenvalue weighted by Crippen LogP contribution is -1.75. The van der Waals surface area contributed by atoms with E-state index in [0.29, 0.717) is 5.57 Å². The highest BCUT2D eigenvalue weighted by atomic mass is 14.7. The highest BCUT2D eigenvalue weighted by molar-refractivity contribution is 5.83. The van der Waals surface area contributed by atoms with E-state index in [-0.39, 0.29) is 0 Å². The fraction of sp³-hybridized carbons (Fsp3) is 0.333. The van der Waals surface area contributed by atoms with Gasteiger partial charge in [-0.15, -0.1) is 0 Å². The molecule has 0 aromatic rings. The summed E-state index contributed by atoms with van der Waals surface area (Å²) in [6.07, 6.45) is 4.54. The first-order valence-electron chi connectivity index (χ1n) is 3.55. The topological polar surface area (TPSA) is 36.1 Å². The molecule has 0 rings (SSSR count). The Hall–Kier alpha value is -1.36. The molecule has 2 nitrogen and oxygen atoms in total.